The van der Waals surface area contributed by atoms with Crippen molar-refractivity contribution in [2.45, 2.75) is 12.1 Å². The van der Waals surface area contributed by atoms with Gasteiger partial charge in [0, 0.05) is 11.7 Å². The molecule has 3 aromatic rings. The Bertz CT molecular complexity index is 852. The maximum atomic E-state index is 12.3. The highest BCUT2D eigenvalue weighted by Gasteiger charge is 2.35. The minimum atomic E-state index is -2.29. The van der Waals surface area contributed by atoms with Gasteiger partial charge < -0.3 is 4.74 Å². The molecule has 0 radical (unpaired) electrons. The third kappa shape index (κ3) is 3.80. The van der Waals surface area contributed by atoms with Crippen molar-refractivity contribution in [3.63, 3.8) is 0 Å². The van der Waals surface area contributed by atoms with Crippen LogP contribution in [0, 0.1) is 0 Å². The fraction of sp³-hybridized carbons (Fsp3) is 0.136. The van der Waals surface area contributed by atoms with Gasteiger partial charge in [-0.1, -0.05) is 103 Å². The summed E-state index contributed by atoms with van der Waals surface area (Å²) < 4.78 is 5.00. The van der Waals surface area contributed by atoms with E-state index in [2.05, 4.69) is 36.4 Å². The van der Waals surface area contributed by atoms with E-state index in [0.29, 0.717) is 0 Å². The van der Waals surface area contributed by atoms with Crippen molar-refractivity contribution < 1.29 is 9.53 Å². The first-order valence-corrected chi connectivity index (χ1v) is 11.4. The first kappa shape index (κ1) is 18.6. The molecule has 3 rings (SSSR count). The summed E-state index contributed by atoms with van der Waals surface area (Å²) >= 11 is 6.41. The van der Waals surface area contributed by atoms with Crippen LogP contribution in [0.1, 0.15) is 17.6 Å². The minimum absolute atomic E-state index is 0.115. The lowest BCUT2D eigenvalue weighted by molar-refractivity contribution is -0.140. The SMILES string of the molecule is COC(=O)C[C@H](c1ccccc1)P(=S)(c1ccccc1)c1ccccc1. The number of methoxy groups -OCH3 is 1. The van der Waals surface area contributed by atoms with E-state index in [-0.39, 0.29) is 18.0 Å². The quantitative estimate of drug-likeness (QED) is 0.468. The van der Waals surface area contributed by atoms with Gasteiger partial charge >= 0.3 is 5.97 Å². The van der Waals surface area contributed by atoms with Crippen molar-refractivity contribution in [1.29, 1.82) is 0 Å². The van der Waals surface area contributed by atoms with Crippen LogP contribution in [0.4, 0.5) is 0 Å². The molecule has 0 aliphatic carbocycles. The van der Waals surface area contributed by atoms with Gasteiger partial charge in [-0.15, -0.1) is 0 Å². The molecule has 0 heterocycles. The van der Waals surface area contributed by atoms with Gasteiger partial charge in [0.1, 0.15) is 0 Å². The van der Waals surface area contributed by atoms with Crippen LogP contribution >= 0.6 is 6.04 Å². The van der Waals surface area contributed by atoms with Crippen LogP contribution in [-0.4, -0.2) is 13.1 Å². The summed E-state index contributed by atoms with van der Waals surface area (Å²) in [6, 6.07) is 28.2. The van der Waals surface area contributed by atoms with Gasteiger partial charge in [-0.25, -0.2) is 0 Å². The lowest BCUT2D eigenvalue weighted by Crippen LogP contribution is -2.23. The predicted molar refractivity (Wildman–Crippen MR) is 112 cm³/mol. The molecule has 26 heavy (non-hydrogen) atoms. The van der Waals surface area contributed by atoms with Crippen molar-refractivity contribution in [2.75, 3.05) is 7.11 Å². The highest BCUT2D eigenvalue weighted by atomic mass is 32.4. The van der Waals surface area contributed by atoms with Crippen molar-refractivity contribution in [3.8, 4) is 0 Å². The molecule has 0 spiro atoms. The molecule has 0 bridgehead atoms. The fourth-order valence-electron chi connectivity index (χ4n) is 3.18. The monoisotopic (exact) mass is 380 g/mol. The smallest absolute Gasteiger partial charge is 0.306 e. The van der Waals surface area contributed by atoms with Gasteiger partial charge in [-0.3, -0.25) is 4.79 Å². The summed E-state index contributed by atoms with van der Waals surface area (Å²) in [7, 11) is 1.43. The van der Waals surface area contributed by atoms with E-state index in [1.54, 1.807) is 0 Å². The van der Waals surface area contributed by atoms with E-state index >= 15 is 0 Å². The molecule has 0 aliphatic rings. The normalized spacial score (nSPS) is 12.3. The maximum absolute atomic E-state index is 12.3. The summed E-state index contributed by atoms with van der Waals surface area (Å²) in [5.74, 6) is -0.236. The molecule has 0 saturated carbocycles. The van der Waals surface area contributed by atoms with Crippen LogP contribution in [0.15, 0.2) is 91.0 Å². The Balaban J connectivity index is 2.23. The van der Waals surface area contributed by atoms with E-state index in [1.165, 1.54) is 7.11 Å². The Kier molecular flexibility index (Phi) is 6.03. The van der Waals surface area contributed by atoms with E-state index in [1.807, 2.05) is 54.6 Å². The average Bonchev–Trinajstić information content (AvgIpc) is 2.73. The van der Waals surface area contributed by atoms with Crippen LogP contribution in [-0.2, 0) is 21.3 Å². The zero-order valence-electron chi connectivity index (χ0n) is 14.6. The third-order valence-electron chi connectivity index (χ3n) is 4.49. The number of hydrogen-bond acceptors (Lipinski definition) is 3. The molecule has 0 aromatic heterocycles. The second-order valence-corrected chi connectivity index (χ2v) is 10.7. The molecular weight excluding hydrogens is 359 g/mol. The molecule has 4 heteroatoms. The van der Waals surface area contributed by atoms with E-state index in [4.69, 9.17) is 16.5 Å². The first-order chi connectivity index (χ1) is 12.7. The molecular formula is C22H21O2PS. The number of ether oxygens (including phenoxy) is 1. The molecule has 0 N–H and O–H groups in total. The lowest BCUT2D eigenvalue weighted by atomic mass is 10.1. The number of carbonyl (C=O) groups excluding carboxylic acids is 1. The number of esters is 1. The zero-order chi connectivity index (χ0) is 18.4. The highest BCUT2D eigenvalue weighted by Crippen LogP contribution is 2.59. The second kappa shape index (κ2) is 8.44. The minimum Gasteiger partial charge on any atom is -0.469 e. The van der Waals surface area contributed by atoms with Gasteiger partial charge in [0.15, 0.2) is 0 Å². The van der Waals surface area contributed by atoms with Gasteiger partial charge in [-0.2, -0.15) is 0 Å². The standard InChI is InChI=1S/C22H21O2PS/c1-24-22(23)17-21(18-11-5-2-6-12-18)25(26,19-13-7-3-8-14-19)20-15-9-4-10-16-20/h2-16,21H,17H2,1H3/t21-/m1/s1. The maximum Gasteiger partial charge on any atom is 0.306 e. The number of benzene rings is 3. The van der Waals surface area contributed by atoms with Crippen molar-refractivity contribution in [2.24, 2.45) is 0 Å². The Morgan fingerprint density at radius 2 is 1.27 bits per heavy atom. The predicted octanol–water partition coefficient (Wildman–Crippen LogP) is 4.42. The Hall–Kier alpha value is -2.22. The van der Waals surface area contributed by atoms with Crippen LogP contribution < -0.4 is 10.6 Å². The number of rotatable bonds is 6. The summed E-state index contributed by atoms with van der Waals surface area (Å²) in [5.41, 5.74) is 0.963. The van der Waals surface area contributed by atoms with Gasteiger partial charge in [-0.05, 0) is 16.2 Å². The molecule has 0 saturated heterocycles. The summed E-state index contributed by atoms with van der Waals surface area (Å²) in [6.45, 7) is 0. The van der Waals surface area contributed by atoms with Crippen LogP contribution in [0.2, 0.25) is 0 Å². The van der Waals surface area contributed by atoms with Gasteiger partial charge in [0.2, 0.25) is 0 Å². The molecule has 2 nitrogen and oxygen atoms in total. The average molecular weight is 380 g/mol. The van der Waals surface area contributed by atoms with E-state index in [0.717, 1.165) is 16.2 Å². The molecule has 0 unspecified atom stereocenters. The first-order valence-electron chi connectivity index (χ1n) is 8.49. The van der Waals surface area contributed by atoms with Crippen molar-refractivity contribution >= 4 is 34.4 Å². The Labute approximate surface area is 159 Å². The summed E-state index contributed by atoms with van der Waals surface area (Å²) in [6.07, 6.45) is 0.265. The van der Waals surface area contributed by atoms with Crippen LogP contribution in [0.3, 0.4) is 0 Å². The number of hydrogen-bond donors (Lipinski definition) is 0. The van der Waals surface area contributed by atoms with E-state index in [9.17, 15) is 4.79 Å². The number of carbonyl (C=O) groups is 1. The fourth-order valence-corrected chi connectivity index (χ4v) is 7.75. The highest BCUT2D eigenvalue weighted by molar-refractivity contribution is 8.22. The van der Waals surface area contributed by atoms with Gasteiger partial charge in [0.25, 0.3) is 0 Å². The molecule has 1 atom stereocenters. The van der Waals surface area contributed by atoms with Crippen LogP contribution in [0.5, 0.6) is 0 Å². The Morgan fingerprint density at radius 1 is 0.846 bits per heavy atom. The summed E-state index contributed by atoms with van der Waals surface area (Å²) in [5, 5.41) is 2.22. The third-order valence-corrected chi connectivity index (χ3v) is 10.0. The van der Waals surface area contributed by atoms with Crippen molar-refractivity contribution in [3.05, 3.63) is 96.6 Å². The topological polar surface area (TPSA) is 26.3 Å². The molecule has 3 aromatic carbocycles. The molecule has 0 aliphatic heterocycles. The van der Waals surface area contributed by atoms with Crippen molar-refractivity contribution in [1.82, 2.24) is 0 Å². The molecule has 132 valence electrons. The second-order valence-electron chi connectivity index (χ2n) is 6.04. The van der Waals surface area contributed by atoms with Gasteiger partial charge in [0.05, 0.1) is 13.5 Å². The Morgan fingerprint density at radius 3 is 1.69 bits per heavy atom. The molecule has 0 fully saturated rings. The van der Waals surface area contributed by atoms with E-state index < -0.39 is 6.04 Å². The van der Waals surface area contributed by atoms with Crippen LogP contribution in [0.25, 0.3) is 0 Å². The largest absolute Gasteiger partial charge is 0.469 e. The molecule has 0 amide bonds. The zero-order valence-corrected chi connectivity index (χ0v) is 16.3. The lowest BCUT2D eigenvalue weighted by Gasteiger charge is -2.32. The summed E-state index contributed by atoms with van der Waals surface area (Å²) in [4.78, 5) is 12.3.